The fourth-order valence-electron chi connectivity index (χ4n) is 5.78. The second-order valence-corrected chi connectivity index (χ2v) is 7.80. The molecule has 4 aliphatic carbocycles. The highest BCUT2D eigenvalue weighted by Gasteiger charge is 2.55. The number of carbonyl (C=O) groups is 1. The molecule has 0 aromatic heterocycles. The molecule has 1 atom stereocenters. The lowest BCUT2D eigenvalue weighted by atomic mass is 9.48. The van der Waals surface area contributed by atoms with Crippen molar-refractivity contribution in [2.45, 2.75) is 51.0 Å². The highest BCUT2D eigenvalue weighted by Crippen LogP contribution is 2.62. The molecule has 0 radical (unpaired) electrons. The van der Waals surface area contributed by atoms with Crippen molar-refractivity contribution >= 4 is 5.97 Å². The SMILES string of the molecule is O=C(O)CC(Oc1ccccc1)C12CC3CC(CC(C3)C1)C2. The maximum absolute atomic E-state index is 11.4. The molecule has 1 aromatic carbocycles. The Morgan fingerprint density at radius 3 is 2.14 bits per heavy atom. The molecule has 22 heavy (non-hydrogen) atoms. The summed E-state index contributed by atoms with van der Waals surface area (Å²) >= 11 is 0. The summed E-state index contributed by atoms with van der Waals surface area (Å²) in [5.74, 6) is 2.49. The van der Waals surface area contributed by atoms with Crippen LogP contribution in [0, 0.1) is 23.2 Å². The van der Waals surface area contributed by atoms with Gasteiger partial charge in [0.15, 0.2) is 0 Å². The average molecular weight is 300 g/mol. The number of hydrogen-bond donors (Lipinski definition) is 1. The molecule has 4 fully saturated rings. The summed E-state index contributed by atoms with van der Waals surface area (Å²) in [6.45, 7) is 0. The van der Waals surface area contributed by atoms with Crippen LogP contribution < -0.4 is 4.74 Å². The third-order valence-electron chi connectivity index (χ3n) is 6.15. The van der Waals surface area contributed by atoms with Crippen molar-refractivity contribution in [3.05, 3.63) is 30.3 Å². The van der Waals surface area contributed by atoms with Crippen LogP contribution in [0.2, 0.25) is 0 Å². The van der Waals surface area contributed by atoms with Crippen LogP contribution >= 0.6 is 0 Å². The molecule has 0 heterocycles. The number of ether oxygens (including phenoxy) is 1. The van der Waals surface area contributed by atoms with Crippen LogP contribution in [0.5, 0.6) is 5.75 Å². The topological polar surface area (TPSA) is 46.5 Å². The Morgan fingerprint density at radius 2 is 1.64 bits per heavy atom. The number of carboxylic acid groups (broad SMARTS) is 1. The zero-order chi connectivity index (χ0) is 15.2. The minimum Gasteiger partial charge on any atom is -0.489 e. The lowest BCUT2D eigenvalue weighted by Crippen LogP contribution is -2.53. The lowest BCUT2D eigenvalue weighted by Gasteiger charge is -2.58. The van der Waals surface area contributed by atoms with Crippen molar-refractivity contribution < 1.29 is 14.6 Å². The third kappa shape index (κ3) is 2.51. The van der Waals surface area contributed by atoms with E-state index in [1.165, 1.54) is 38.5 Å². The Morgan fingerprint density at radius 1 is 1.09 bits per heavy atom. The van der Waals surface area contributed by atoms with Gasteiger partial charge in [0.1, 0.15) is 11.9 Å². The molecule has 0 aliphatic heterocycles. The van der Waals surface area contributed by atoms with Gasteiger partial charge in [-0.05, 0) is 68.4 Å². The van der Waals surface area contributed by atoms with Crippen molar-refractivity contribution in [3.63, 3.8) is 0 Å². The van der Waals surface area contributed by atoms with Crippen molar-refractivity contribution in [1.29, 1.82) is 0 Å². The summed E-state index contributed by atoms with van der Waals surface area (Å²) in [6.07, 6.45) is 7.55. The van der Waals surface area contributed by atoms with Gasteiger partial charge in [-0.1, -0.05) is 18.2 Å². The highest BCUT2D eigenvalue weighted by atomic mass is 16.5. The average Bonchev–Trinajstić information content (AvgIpc) is 2.46. The first kappa shape index (κ1) is 14.1. The van der Waals surface area contributed by atoms with Gasteiger partial charge in [-0.15, -0.1) is 0 Å². The largest absolute Gasteiger partial charge is 0.489 e. The molecule has 0 saturated heterocycles. The van der Waals surface area contributed by atoms with Gasteiger partial charge in [0, 0.05) is 5.41 Å². The summed E-state index contributed by atoms with van der Waals surface area (Å²) in [4.78, 5) is 11.4. The molecule has 0 spiro atoms. The monoisotopic (exact) mass is 300 g/mol. The van der Waals surface area contributed by atoms with Crippen LogP contribution in [0.15, 0.2) is 30.3 Å². The number of benzene rings is 1. The van der Waals surface area contributed by atoms with Gasteiger partial charge in [-0.2, -0.15) is 0 Å². The van der Waals surface area contributed by atoms with E-state index in [-0.39, 0.29) is 17.9 Å². The molecule has 3 nitrogen and oxygen atoms in total. The Labute approximate surface area is 131 Å². The fourth-order valence-corrected chi connectivity index (χ4v) is 5.78. The summed E-state index contributed by atoms with van der Waals surface area (Å²) < 4.78 is 6.23. The molecule has 1 N–H and O–H groups in total. The highest BCUT2D eigenvalue weighted by molar-refractivity contribution is 5.67. The molecular weight excluding hydrogens is 276 g/mol. The van der Waals surface area contributed by atoms with E-state index in [1.807, 2.05) is 30.3 Å². The summed E-state index contributed by atoms with van der Waals surface area (Å²) in [5, 5.41) is 9.38. The Kier molecular flexibility index (Phi) is 3.39. The zero-order valence-electron chi connectivity index (χ0n) is 12.9. The minimum atomic E-state index is -0.739. The van der Waals surface area contributed by atoms with E-state index in [0.717, 1.165) is 23.5 Å². The van der Waals surface area contributed by atoms with Crippen molar-refractivity contribution in [1.82, 2.24) is 0 Å². The summed E-state index contributed by atoms with van der Waals surface area (Å²) in [5.41, 5.74) is 0.100. The van der Waals surface area contributed by atoms with Gasteiger partial charge in [0.25, 0.3) is 0 Å². The molecule has 5 rings (SSSR count). The van der Waals surface area contributed by atoms with E-state index < -0.39 is 5.97 Å². The van der Waals surface area contributed by atoms with Crippen LogP contribution in [0.4, 0.5) is 0 Å². The molecule has 0 amide bonds. The molecular formula is C19H24O3. The first-order chi connectivity index (χ1) is 10.6. The minimum absolute atomic E-state index is 0.100. The Hall–Kier alpha value is -1.51. The standard InChI is InChI=1S/C19H24O3/c20-18(21)9-17(22-16-4-2-1-3-5-16)19-10-13-6-14(11-19)8-15(7-13)12-19/h1-5,13-15,17H,6-12H2,(H,20,21). The fraction of sp³-hybridized carbons (Fsp3) is 0.632. The maximum Gasteiger partial charge on any atom is 0.307 e. The van der Waals surface area contributed by atoms with E-state index in [2.05, 4.69) is 0 Å². The third-order valence-corrected chi connectivity index (χ3v) is 6.15. The van der Waals surface area contributed by atoms with Gasteiger partial charge in [0.05, 0.1) is 6.42 Å². The molecule has 1 aromatic rings. The van der Waals surface area contributed by atoms with E-state index in [0.29, 0.717) is 0 Å². The van der Waals surface area contributed by atoms with Crippen molar-refractivity contribution in [2.24, 2.45) is 23.2 Å². The quantitative estimate of drug-likeness (QED) is 0.889. The number of hydrogen-bond acceptors (Lipinski definition) is 2. The lowest BCUT2D eigenvalue weighted by molar-refractivity contribution is -0.148. The van der Waals surface area contributed by atoms with Crippen LogP contribution in [0.25, 0.3) is 0 Å². The van der Waals surface area contributed by atoms with Gasteiger partial charge >= 0.3 is 5.97 Å². The molecule has 4 bridgehead atoms. The van der Waals surface area contributed by atoms with Gasteiger partial charge in [-0.3, -0.25) is 4.79 Å². The zero-order valence-corrected chi connectivity index (χ0v) is 12.9. The number of para-hydroxylation sites is 1. The van der Waals surface area contributed by atoms with Crippen molar-refractivity contribution in [3.8, 4) is 5.75 Å². The first-order valence-corrected chi connectivity index (χ1v) is 8.56. The van der Waals surface area contributed by atoms with E-state index in [9.17, 15) is 9.90 Å². The van der Waals surface area contributed by atoms with Gasteiger partial charge in [-0.25, -0.2) is 0 Å². The van der Waals surface area contributed by atoms with E-state index >= 15 is 0 Å². The predicted molar refractivity (Wildman–Crippen MR) is 83.7 cm³/mol. The van der Waals surface area contributed by atoms with Crippen LogP contribution in [0.1, 0.15) is 44.9 Å². The second kappa shape index (κ2) is 5.29. The molecule has 3 heteroatoms. The molecule has 4 aliphatic rings. The molecule has 1 unspecified atom stereocenters. The van der Waals surface area contributed by atoms with Crippen LogP contribution in [0.3, 0.4) is 0 Å². The number of carboxylic acids is 1. The first-order valence-electron chi connectivity index (χ1n) is 8.56. The summed E-state index contributed by atoms with van der Waals surface area (Å²) in [6, 6.07) is 9.74. The number of aliphatic carboxylic acids is 1. The summed E-state index contributed by atoms with van der Waals surface area (Å²) in [7, 11) is 0. The van der Waals surface area contributed by atoms with Gasteiger partial charge in [0.2, 0.25) is 0 Å². The van der Waals surface area contributed by atoms with Crippen LogP contribution in [-0.2, 0) is 4.79 Å². The predicted octanol–water partition coefficient (Wildman–Crippen LogP) is 4.13. The van der Waals surface area contributed by atoms with Crippen LogP contribution in [-0.4, -0.2) is 17.2 Å². The normalized spacial score (nSPS) is 37.0. The van der Waals surface area contributed by atoms with Gasteiger partial charge < -0.3 is 9.84 Å². The molecule has 4 saturated carbocycles. The van der Waals surface area contributed by atoms with Crippen molar-refractivity contribution in [2.75, 3.05) is 0 Å². The van der Waals surface area contributed by atoms with E-state index in [1.54, 1.807) is 0 Å². The smallest absolute Gasteiger partial charge is 0.307 e. The number of rotatable bonds is 5. The van der Waals surface area contributed by atoms with E-state index in [4.69, 9.17) is 4.74 Å². The maximum atomic E-state index is 11.4. The molecule has 118 valence electrons. The Balaban J connectivity index is 1.61. The Bertz CT molecular complexity index is 516. The second-order valence-electron chi connectivity index (χ2n) is 7.80.